The van der Waals surface area contributed by atoms with E-state index in [1.165, 1.54) is 6.07 Å². The Bertz CT molecular complexity index is 502. The number of sulfone groups is 1. The SMILES string of the molecule is NCc1ccc(N2CCS(=O)(=O)CC2)cc1F. The third-order valence-corrected chi connectivity index (χ3v) is 4.58. The number of benzene rings is 1. The van der Waals surface area contributed by atoms with Crippen LogP contribution < -0.4 is 10.6 Å². The highest BCUT2D eigenvalue weighted by Crippen LogP contribution is 2.20. The molecule has 0 aliphatic carbocycles. The quantitative estimate of drug-likeness (QED) is 0.840. The van der Waals surface area contributed by atoms with Crippen LogP contribution in [-0.2, 0) is 16.4 Å². The summed E-state index contributed by atoms with van der Waals surface area (Å²) in [5, 5.41) is 0. The average Bonchev–Trinajstić information content (AvgIpc) is 2.29. The maximum absolute atomic E-state index is 13.5. The van der Waals surface area contributed by atoms with Gasteiger partial charge in [0.25, 0.3) is 0 Å². The molecule has 2 rings (SSSR count). The predicted molar refractivity (Wildman–Crippen MR) is 65.2 cm³/mol. The second kappa shape index (κ2) is 4.62. The predicted octanol–water partition coefficient (Wildman–Crippen LogP) is 0.519. The van der Waals surface area contributed by atoms with Crippen molar-refractivity contribution in [2.45, 2.75) is 6.54 Å². The lowest BCUT2D eigenvalue weighted by molar-refractivity contribution is 0.586. The summed E-state index contributed by atoms with van der Waals surface area (Å²) in [5.74, 6) is -0.0704. The lowest BCUT2D eigenvalue weighted by Gasteiger charge is -2.28. The molecule has 4 nitrogen and oxygen atoms in total. The first-order valence-electron chi connectivity index (χ1n) is 5.46. The summed E-state index contributed by atoms with van der Waals surface area (Å²) in [6.07, 6.45) is 0. The van der Waals surface area contributed by atoms with Crippen molar-refractivity contribution in [2.75, 3.05) is 29.5 Å². The van der Waals surface area contributed by atoms with Crippen molar-refractivity contribution >= 4 is 15.5 Å². The van der Waals surface area contributed by atoms with E-state index in [4.69, 9.17) is 5.73 Å². The molecule has 1 aliphatic heterocycles. The Morgan fingerprint density at radius 3 is 2.47 bits per heavy atom. The van der Waals surface area contributed by atoms with E-state index in [9.17, 15) is 12.8 Å². The van der Waals surface area contributed by atoms with E-state index in [2.05, 4.69) is 0 Å². The molecule has 1 heterocycles. The van der Waals surface area contributed by atoms with Crippen molar-refractivity contribution in [3.05, 3.63) is 29.6 Å². The molecule has 0 atom stereocenters. The first-order chi connectivity index (χ1) is 8.02. The lowest BCUT2D eigenvalue weighted by Crippen LogP contribution is -2.40. The van der Waals surface area contributed by atoms with Crippen LogP contribution in [0.1, 0.15) is 5.56 Å². The molecule has 0 radical (unpaired) electrons. The molecular weight excluding hydrogens is 243 g/mol. The van der Waals surface area contributed by atoms with Gasteiger partial charge in [-0.25, -0.2) is 12.8 Å². The van der Waals surface area contributed by atoms with Gasteiger partial charge in [0.15, 0.2) is 9.84 Å². The maximum atomic E-state index is 13.5. The van der Waals surface area contributed by atoms with Gasteiger partial charge in [0.05, 0.1) is 11.5 Å². The van der Waals surface area contributed by atoms with E-state index in [1.54, 1.807) is 12.1 Å². The zero-order chi connectivity index (χ0) is 12.5. The van der Waals surface area contributed by atoms with Gasteiger partial charge in [0, 0.05) is 30.9 Å². The number of hydrogen-bond donors (Lipinski definition) is 1. The monoisotopic (exact) mass is 258 g/mol. The largest absolute Gasteiger partial charge is 0.369 e. The zero-order valence-corrected chi connectivity index (χ0v) is 10.2. The van der Waals surface area contributed by atoms with E-state index in [0.29, 0.717) is 18.7 Å². The Morgan fingerprint density at radius 1 is 1.29 bits per heavy atom. The van der Waals surface area contributed by atoms with Gasteiger partial charge in [-0.15, -0.1) is 0 Å². The molecule has 1 saturated heterocycles. The van der Waals surface area contributed by atoms with E-state index in [1.807, 2.05) is 4.90 Å². The fourth-order valence-corrected chi connectivity index (χ4v) is 3.07. The molecule has 0 unspecified atom stereocenters. The molecule has 1 fully saturated rings. The van der Waals surface area contributed by atoms with Crippen molar-refractivity contribution < 1.29 is 12.8 Å². The number of anilines is 1. The molecule has 0 amide bonds. The van der Waals surface area contributed by atoms with Crippen LogP contribution in [0.4, 0.5) is 10.1 Å². The Hall–Kier alpha value is -1.14. The molecule has 0 spiro atoms. The standard InChI is InChI=1S/C11H15FN2O2S/c12-11-7-10(2-1-9(11)8-13)14-3-5-17(15,16)6-4-14/h1-2,7H,3-6,8,13H2. The van der Waals surface area contributed by atoms with Gasteiger partial charge in [-0.2, -0.15) is 0 Å². The van der Waals surface area contributed by atoms with Crippen LogP contribution in [0.15, 0.2) is 18.2 Å². The molecular formula is C11H15FN2O2S. The van der Waals surface area contributed by atoms with Crippen molar-refractivity contribution in [2.24, 2.45) is 5.73 Å². The molecule has 0 saturated carbocycles. The molecule has 1 aliphatic rings. The molecule has 94 valence electrons. The van der Waals surface area contributed by atoms with Crippen molar-refractivity contribution in [3.63, 3.8) is 0 Å². The summed E-state index contributed by atoms with van der Waals surface area (Å²) in [5.41, 5.74) is 6.57. The number of rotatable bonds is 2. The molecule has 2 N–H and O–H groups in total. The fraction of sp³-hybridized carbons (Fsp3) is 0.455. The highest BCUT2D eigenvalue weighted by molar-refractivity contribution is 7.91. The van der Waals surface area contributed by atoms with Gasteiger partial charge in [-0.3, -0.25) is 0 Å². The molecule has 0 aromatic heterocycles. The zero-order valence-electron chi connectivity index (χ0n) is 9.39. The second-order valence-corrected chi connectivity index (χ2v) is 6.42. The summed E-state index contributed by atoms with van der Waals surface area (Å²) in [6, 6.07) is 4.84. The van der Waals surface area contributed by atoms with Crippen molar-refractivity contribution in [3.8, 4) is 0 Å². The van der Waals surface area contributed by atoms with Gasteiger partial charge in [-0.05, 0) is 12.1 Å². The van der Waals surface area contributed by atoms with Crippen molar-refractivity contribution in [1.82, 2.24) is 0 Å². The number of halogens is 1. The van der Waals surface area contributed by atoms with Crippen LogP contribution in [-0.4, -0.2) is 33.0 Å². The minimum absolute atomic E-state index is 0.132. The Morgan fingerprint density at radius 2 is 1.94 bits per heavy atom. The first kappa shape index (κ1) is 12.3. The van der Waals surface area contributed by atoms with Crippen LogP contribution in [0, 0.1) is 5.82 Å². The van der Waals surface area contributed by atoms with Gasteiger partial charge >= 0.3 is 0 Å². The summed E-state index contributed by atoms with van der Waals surface area (Å²) < 4.78 is 36.1. The molecule has 1 aromatic rings. The highest BCUT2D eigenvalue weighted by Gasteiger charge is 2.22. The normalized spacial score (nSPS) is 19.3. The van der Waals surface area contributed by atoms with Gasteiger partial charge < -0.3 is 10.6 Å². The smallest absolute Gasteiger partial charge is 0.153 e. The first-order valence-corrected chi connectivity index (χ1v) is 7.28. The molecule has 17 heavy (non-hydrogen) atoms. The van der Waals surface area contributed by atoms with E-state index in [-0.39, 0.29) is 23.9 Å². The second-order valence-electron chi connectivity index (χ2n) is 4.12. The molecule has 6 heteroatoms. The Kier molecular flexibility index (Phi) is 3.35. The number of hydrogen-bond acceptors (Lipinski definition) is 4. The van der Waals surface area contributed by atoms with Crippen LogP contribution in [0.3, 0.4) is 0 Å². The summed E-state index contributed by atoms with van der Waals surface area (Å²) in [7, 11) is -2.90. The van der Waals surface area contributed by atoms with Crippen LogP contribution >= 0.6 is 0 Å². The van der Waals surface area contributed by atoms with Gasteiger partial charge in [-0.1, -0.05) is 6.07 Å². The van der Waals surface area contributed by atoms with Gasteiger partial charge in [0.2, 0.25) is 0 Å². The third-order valence-electron chi connectivity index (χ3n) is 2.97. The molecule has 1 aromatic carbocycles. The van der Waals surface area contributed by atoms with E-state index < -0.39 is 9.84 Å². The van der Waals surface area contributed by atoms with Crippen LogP contribution in [0.2, 0.25) is 0 Å². The Balaban J connectivity index is 2.16. The summed E-state index contributed by atoms with van der Waals surface area (Å²) in [6.45, 7) is 1.01. The minimum Gasteiger partial charge on any atom is -0.369 e. The molecule has 0 bridgehead atoms. The third kappa shape index (κ3) is 2.76. The van der Waals surface area contributed by atoms with Crippen molar-refractivity contribution in [1.29, 1.82) is 0 Å². The fourth-order valence-electron chi connectivity index (χ4n) is 1.87. The summed E-state index contributed by atoms with van der Waals surface area (Å²) >= 11 is 0. The van der Waals surface area contributed by atoms with E-state index >= 15 is 0 Å². The average molecular weight is 258 g/mol. The number of nitrogens with zero attached hydrogens (tertiary/aromatic N) is 1. The van der Waals surface area contributed by atoms with Crippen LogP contribution in [0.5, 0.6) is 0 Å². The summed E-state index contributed by atoms with van der Waals surface area (Å²) in [4.78, 5) is 1.88. The van der Waals surface area contributed by atoms with Gasteiger partial charge in [0.1, 0.15) is 5.82 Å². The highest BCUT2D eigenvalue weighted by atomic mass is 32.2. The van der Waals surface area contributed by atoms with E-state index in [0.717, 1.165) is 5.69 Å². The topological polar surface area (TPSA) is 63.4 Å². The lowest BCUT2D eigenvalue weighted by atomic mass is 10.2. The van der Waals surface area contributed by atoms with Crippen LogP contribution in [0.25, 0.3) is 0 Å². The maximum Gasteiger partial charge on any atom is 0.153 e. The Labute approximate surface area is 100 Å². The minimum atomic E-state index is -2.90. The number of nitrogens with two attached hydrogens (primary N) is 1.